The number of aliphatic hydroxyl groups excluding tert-OH is 1. The van der Waals surface area contributed by atoms with Crippen LogP contribution in [0.3, 0.4) is 0 Å². The average Bonchev–Trinajstić information content (AvgIpc) is 3.25. The number of alkyl halides is 3. The van der Waals surface area contributed by atoms with Crippen molar-refractivity contribution in [2.75, 3.05) is 19.8 Å². The van der Waals surface area contributed by atoms with Gasteiger partial charge >= 0.3 is 12.1 Å². The van der Waals surface area contributed by atoms with Gasteiger partial charge in [0.25, 0.3) is 0 Å². The van der Waals surface area contributed by atoms with Crippen LogP contribution < -0.4 is 5.32 Å². The normalized spacial score (nSPS) is 16.0. The molecule has 2 aromatic carbocycles. The first-order chi connectivity index (χ1) is 17.9. The molecule has 0 radical (unpaired) electrons. The van der Waals surface area contributed by atoms with Crippen molar-refractivity contribution in [2.24, 2.45) is 5.92 Å². The molecule has 2 aromatic rings. The Kier molecular flexibility index (Phi) is 10.2. The second-order valence-corrected chi connectivity index (χ2v) is 10.5. The van der Waals surface area contributed by atoms with Gasteiger partial charge in [0.1, 0.15) is 0 Å². The number of esters is 1. The standard InChI is InChI=1S/C30H38F3NO4/c1-5-37-28(36)14-13-26-25(11-8-12-27(26)30(31,32)33)20(2)38-19-24(35)18-34-29(3,4)17-21-15-22-9-6-7-10-23(22)16-21/h6-14,20-21,24,34-35H,5,15-19H2,1-4H3/b14-13+/t20-,24-/m1/s1. The zero-order valence-electron chi connectivity index (χ0n) is 22.5. The Labute approximate surface area is 223 Å². The van der Waals surface area contributed by atoms with E-state index in [1.54, 1.807) is 13.8 Å². The number of aliphatic hydroxyl groups is 1. The Bertz CT molecular complexity index is 1090. The van der Waals surface area contributed by atoms with Gasteiger partial charge in [-0.1, -0.05) is 36.4 Å². The summed E-state index contributed by atoms with van der Waals surface area (Å²) in [5, 5.41) is 14.0. The molecule has 0 unspecified atom stereocenters. The molecule has 1 aliphatic carbocycles. The number of halogens is 3. The lowest BCUT2D eigenvalue weighted by Gasteiger charge is -2.31. The third kappa shape index (κ3) is 8.41. The Morgan fingerprint density at radius 1 is 1.13 bits per heavy atom. The number of ether oxygens (including phenoxy) is 2. The molecule has 0 fully saturated rings. The number of fused-ring (bicyclic) bond motifs is 1. The molecule has 0 amide bonds. The van der Waals surface area contributed by atoms with Crippen molar-refractivity contribution in [1.82, 2.24) is 5.32 Å². The second-order valence-electron chi connectivity index (χ2n) is 10.5. The highest BCUT2D eigenvalue weighted by atomic mass is 19.4. The Morgan fingerprint density at radius 2 is 1.79 bits per heavy atom. The van der Waals surface area contributed by atoms with Gasteiger partial charge in [-0.2, -0.15) is 13.2 Å². The number of carbonyl (C=O) groups excluding carboxylic acids is 1. The third-order valence-electron chi connectivity index (χ3n) is 6.85. The highest BCUT2D eigenvalue weighted by Gasteiger charge is 2.34. The molecule has 2 N–H and O–H groups in total. The van der Waals surface area contributed by atoms with Crippen LogP contribution in [0.5, 0.6) is 0 Å². The van der Waals surface area contributed by atoms with Gasteiger partial charge < -0.3 is 19.9 Å². The second kappa shape index (κ2) is 12.9. The number of carbonyl (C=O) groups is 1. The molecule has 8 heteroatoms. The molecule has 1 aliphatic rings. The maximum atomic E-state index is 13.7. The van der Waals surface area contributed by atoms with Gasteiger partial charge in [-0.3, -0.25) is 0 Å². The SMILES string of the molecule is CCOC(=O)/C=C/c1c([C@@H](C)OC[C@H](O)CNC(C)(C)CC2Cc3ccccc3C2)cccc1C(F)(F)F. The maximum Gasteiger partial charge on any atom is 0.416 e. The minimum Gasteiger partial charge on any atom is -0.463 e. The molecule has 3 rings (SSSR count). The summed E-state index contributed by atoms with van der Waals surface area (Å²) in [6.07, 6.45) is -1.07. The van der Waals surface area contributed by atoms with E-state index in [-0.39, 0.29) is 36.4 Å². The highest BCUT2D eigenvalue weighted by Crippen LogP contribution is 2.36. The topological polar surface area (TPSA) is 67.8 Å². The van der Waals surface area contributed by atoms with Crippen molar-refractivity contribution in [2.45, 2.75) is 70.9 Å². The van der Waals surface area contributed by atoms with Crippen LogP contribution in [-0.4, -0.2) is 42.5 Å². The smallest absolute Gasteiger partial charge is 0.416 e. The van der Waals surface area contributed by atoms with Gasteiger partial charge in [0.15, 0.2) is 0 Å². The summed E-state index contributed by atoms with van der Waals surface area (Å²) in [6.45, 7) is 7.81. The highest BCUT2D eigenvalue weighted by molar-refractivity contribution is 5.87. The summed E-state index contributed by atoms with van der Waals surface area (Å²) < 4.78 is 51.6. The number of nitrogens with one attached hydrogen (secondary N) is 1. The lowest BCUT2D eigenvalue weighted by atomic mass is 9.88. The lowest BCUT2D eigenvalue weighted by Crippen LogP contribution is -2.45. The van der Waals surface area contributed by atoms with E-state index in [0.717, 1.165) is 37.5 Å². The van der Waals surface area contributed by atoms with Crippen molar-refractivity contribution in [3.8, 4) is 0 Å². The summed E-state index contributed by atoms with van der Waals surface area (Å²) in [5.74, 6) is -0.195. The van der Waals surface area contributed by atoms with Crippen LogP contribution in [0.1, 0.15) is 68.0 Å². The van der Waals surface area contributed by atoms with Crippen LogP contribution in [0.15, 0.2) is 48.5 Å². The molecule has 208 valence electrons. The molecule has 0 saturated carbocycles. The van der Waals surface area contributed by atoms with Crippen LogP contribution >= 0.6 is 0 Å². The van der Waals surface area contributed by atoms with E-state index in [9.17, 15) is 23.1 Å². The molecule has 0 aromatic heterocycles. The monoisotopic (exact) mass is 533 g/mol. The zero-order valence-corrected chi connectivity index (χ0v) is 22.5. The third-order valence-corrected chi connectivity index (χ3v) is 6.85. The predicted octanol–water partition coefficient (Wildman–Crippen LogP) is 5.89. The van der Waals surface area contributed by atoms with E-state index in [1.807, 2.05) is 0 Å². The first-order valence-electron chi connectivity index (χ1n) is 13.1. The van der Waals surface area contributed by atoms with Crippen LogP contribution in [0.4, 0.5) is 13.2 Å². The van der Waals surface area contributed by atoms with Gasteiger partial charge in [0.05, 0.1) is 31.0 Å². The predicted molar refractivity (Wildman–Crippen MR) is 142 cm³/mol. The molecule has 38 heavy (non-hydrogen) atoms. The number of β-amino-alcohol motifs (C(OH)–C–C–N with tert-alkyl or cyclic N) is 1. The molecule has 5 nitrogen and oxygen atoms in total. The first-order valence-corrected chi connectivity index (χ1v) is 13.1. The van der Waals surface area contributed by atoms with Gasteiger partial charge in [-0.25, -0.2) is 4.79 Å². The van der Waals surface area contributed by atoms with Crippen LogP contribution in [0, 0.1) is 5.92 Å². The molecule has 2 atom stereocenters. The lowest BCUT2D eigenvalue weighted by molar-refractivity contribution is -0.138. The number of hydrogen-bond donors (Lipinski definition) is 2. The number of hydrogen-bond acceptors (Lipinski definition) is 5. The summed E-state index contributed by atoms with van der Waals surface area (Å²) in [6, 6.07) is 12.3. The van der Waals surface area contributed by atoms with Gasteiger partial charge in [-0.05, 0) is 87.3 Å². The van der Waals surface area contributed by atoms with Crippen molar-refractivity contribution in [1.29, 1.82) is 0 Å². The maximum absolute atomic E-state index is 13.7. The van der Waals surface area contributed by atoms with E-state index in [2.05, 4.69) is 43.4 Å². The van der Waals surface area contributed by atoms with Crippen LogP contribution in [0.2, 0.25) is 0 Å². The van der Waals surface area contributed by atoms with E-state index in [0.29, 0.717) is 5.92 Å². The summed E-state index contributed by atoms with van der Waals surface area (Å²) in [5.41, 5.74) is 1.84. The van der Waals surface area contributed by atoms with Crippen molar-refractivity contribution in [3.63, 3.8) is 0 Å². The van der Waals surface area contributed by atoms with E-state index >= 15 is 0 Å². The van der Waals surface area contributed by atoms with Crippen molar-refractivity contribution in [3.05, 3.63) is 76.4 Å². The first kappa shape index (κ1) is 29.9. The fraction of sp³-hybridized carbons (Fsp3) is 0.500. The molecule has 0 saturated heterocycles. The Morgan fingerprint density at radius 3 is 2.39 bits per heavy atom. The largest absolute Gasteiger partial charge is 0.463 e. The Hall–Kier alpha value is -2.68. The van der Waals surface area contributed by atoms with Crippen molar-refractivity contribution < 1.29 is 32.5 Å². The molecular formula is C30H38F3NO4. The molecular weight excluding hydrogens is 495 g/mol. The molecule has 0 aliphatic heterocycles. The van der Waals surface area contributed by atoms with Crippen molar-refractivity contribution >= 4 is 12.0 Å². The van der Waals surface area contributed by atoms with E-state index < -0.39 is 29.9 Å². The number of benzene rings is 2. The number of rotatable bonds is 12. The minimum atomic E-state index is -4.61. The summed E-state index contributed by atoms with van der Waals surface area (Å²) in [7, 11) is 0. The van der Waals surface area contributed by atoms with Gasteiger partial charge in [0.2, 0.25) is 0 Å². The average molecular weight is 534 g/mol. The minimum absolute atomic E-state index is 0.0591. The summed E-state index contributed by atoms with van der Waals surface area (Å²) >= 11 is 0. The summed E-state index contributed by atoms with van der Waals surface area (Å²) in [4.78, 5) is 11.7. The quantitative estimate of drug-likeness (QED) is 0.263. The van der Waals surface area contributed by atoms with Gasteiger partial charge in [0, 0.05) is 18.2 Å². The van der Waals surface area contributed by atoms with Crippen LogP contribution in [-0.2, 0) is 33.3 Å². The fourth-order valence-electron chi connectivity index (χ4n) is 5.10. The molecule has 0 spiro atoms. The molecule has 0 bridgehead atoms. The Balaban J connectivity index is 1.57. The fourth-order valence-corrected chi connectivity index (χ4v) is 5.10. The van der Waals surface area contributed by atoms with Gasteiger partial charge in [-0.15, -0.1) is 0 Å². The molecule has 0 heterocycles. The van der Waals surface area contributed by atoms with E-state index in [4.69, 9.17) is 9.47 Å². The van der Waals surface area contributed by atoms with Crippen LogP contribution in [0.25, 0.3) is 6.08 Å². The van der Waals surface area contributed by atoms with E-state index in [1.165, 1.54) is 23.3 Å². The zero-order chi connectivity index (χ0) is 27.9.